The summed E-state index contributed by atoms with van der Waals surface area (Å²) in [5.74, 6) is 3.36. The molecule has 0 saturated carbocycles. The molecule has 0 amide bonds. The lowest BCUT2D eigenvalue weighted by molar-refractivity contribution is 0.587. The standard InChI is InChI=1S/C50H35N3O/c1-3-20-34(4-2)47-51-48(37-25-14-7-15-26-37)53-49(52-47)38-31-32-41-42(33-38)50(39-27-16-8-17-28-39,40-29-18-9-19-30-40)44-43(41)45(35-21-10-5-11-22-35)54-46(44)36-23-12-6-13-24-36/h3-33H,1-2H2/b34-20+. The third-order valence-corrected chi connectivity index (χ3v) is 10.2. The van der Waals surface area contributed by atoms with Gasteiger partial charge < -0.3 is 4.42 Å². The van der Waals surface area contributed by atoms with Gasteiger partial charge in [-0.05, 0) is 28.3 Å². The number of benzene rings is 6. The monoisotopic (exact) mass is 693 g/mol. The van der Waals surface area contributed by atoms with Gasteiger partial charge in [-0.3, -0.25) is 0 Å². The van der Waals surface area contributed by atoms with Crippen molar-refractivity contribution in [2.75, 3.05) is 0 Å². The molecular weight excluding hydrogens is 659 g/mol. The summed E-state index contributed by atoms with van der Waals surface area (Å²) in [6, 6.07) is 59.0. The van der Waals surface area contributed by atoms with E-state index in [2.05, 4.69) is 141 Å². The first kappa shape index (κ1) is 32.7. The highest BCUT2D eigenvalue weighted by Gasteiger charge is 2.51. The summed E-state index contributed by atoms with van der Waals surface area (Å²) < 4.78 is 7.12. The van der Waals surface area contributed by atoms with E-state index in [1.54, 1.807) is 12.2 Å². The Morgan fingerprint density at radius 3 is 1.56 bits per heavy atom. The van der Waals surface area contributed by atoms with Crippen LogP contribution in [0.3, 0.4) is 0 Å². The Balaban J connectivity index is 1.40. The summed E-state index contributed by atoms with van der Waals surface area (Å²) >= 11 is 0. The second-order valence-corrected chi connectivity index (χ2v) is 13.2. The van der Waals surface area contributed by atoms with E-state index in [0.717, 1.165) is 72.7 Å². The van der Waals surface area contributed by atoms with Crippen LogP contribution in [0, 0.1) is 0 Å². The summed E-state index contributed by atoms with van der Waals surface area (Å²) in [6.45, 7) is 7.97. The van der Waals surface area contributed by atoms with Crippen LogP contribution in [0.4, 0.5) is 0 Å². The normalized spacial score (nSPS) is 12.9. The summed E-state index contributed by atoms with van der Waals surface area (Å²) in [5.41, 5.74) is 10.5. The van der Waals surface area contributed by atoms with Crippen LogP contribution in [0.25, 0.3) is 62.1 Å². The lowest BCUT2D eigenvalue weighted by atomic mass is 9.67. The van der Waals surface area contributed by atoms with Gasteiger partial charge in [0.1, 0.15) is 11.5 Å². The molecule has 6 aromatic carbocycles. The predicted molar refractivity (Wildman–Crippen MR) is 220 cm³/mol. The zero-order chi connectivity index (χ0) is 36.5. The van der Waals surface area contributed by atoms with Gasteiger partial charge in [0.25, 0.3) is 0 Å². The molecule has 0 aliphatic heterocycles. The van der Waals surface area contributed by atoms with Gasteiger partial charge in [0.05, 0.1) is 5.41 Å². The Morgan fingerprint density at radius 1 is 0.519 bits per heavy atom. The van der Waals surface area contributed by atoms with Gasteiger partial charge in [-0.25, -0.2) is 15.0 Å². The predicted octanol–water partition coefficient (Wildman–Crippen LogP) is 12.3. The van der Waals surface area contributed by atoms with Crippen molar-refractivity contribution >= 4 is 5.57 Å². The quantitative estimate of drug-likeness (QED) is 0.141. The van der Waals surface area contributed by atoms with Gasteiger partial charge in [0.2, 0.25) is 0 Å². The van der Waals surface area contributed by atoms with Crippen molar-refractivity contribution in [2.24, 2.45) is 0 Å². The molecular formula is C50H35N3O. The fraction of sp³-hybridized carbons (Fsp3) is 0.0200. The Labute approximate surface area is 315 Å². The second-order valence-electron chi connectivity index (χ2n) is 13.2. The molecule has 0 fully saturated rings. The van der Waals surface area contributed by atoms with Gasteiger partial charge in [-0.2, -0.15) is 0 Å². The number of allylic oxidation sites excluding steroid dienone is 4. The highest BCUT2D eigenvalue weighted by atomic mass is 16.3. The van der Waals surface area contributed by atoms with Gasteiger partial charge in [-0.15, -0.1) is 0 Å². The minimum atomic E-state index is -0.752. The zero-order valence-electron chi connectivity index (χ0n) is 29.6. The molecule has 0 bridgehead atoms. The van der Waals surface area contributed by atoms with Crippen LogP contribution in [0.1, 0.15) is 28.1 Å². The first-order chi connectivity index (χ1) is 26.7. The number of hydrogen-bond donors (Lipinski definition) is 0. The Morgan fingerprint density at radius 2 is 1.02 bits per heavy atom. The van der Waals surface area contributed by atoms with Gasteiger partial charge >= 0.3 is 0 Å². The number of aromatic nitrogens is 3. The average Bonchev–Trinajstić information content (AvgIpc) is 3.79. The highest BCUT2D eigenvalue weighted by molar-refractivity contribution is 5.98. The maximum absolute atomic E-state index is 7.12. The van der Waals surface area contributed by atoms with Gasteiger partial charge in [0, 0.05) is 39.0 Å². The summed E-state index contributed by atoms with van der Waals surface area (Å²) in [7, 11) is 0. The lowest BCUT2D eigenvalue weighted by Gasteiger charge is -2.34. The Kier molecular flexibility index (Phi) is 8.33. The van der Waals surface area contributed by atoms with Gasteiger partial charge in [0.15, 0.2) is 17.5 Å². The molecule has 54 heavy (non-hydrogen) atoms. The Bertz CT molecular complexity index is 2620. The first-order valence-electron chi connectivity index (χ1n) is 18.0. The fourth-order valence-corrected chi connectivity index (χ4v) is 7.83. The fourth-order valence-electron chi connectivity index (χ4n) is 7.83. The van der Waals surface area contributed by atoms with E-state index < -0.39 is 5.41 Å². The minimum Gasteiger partial charge on any atom is -0.455 e. The van der Waals surface area contributed by atoms with Crippen LogP contribution in [0.15, 0.2) is 206 Å². The summed E-state index contributed by atoms with van der Waals surface area (Å²) in [6.07, 6.45) is 5.35. The topological polar surface area (TPSA) is 51.8 Å². The zero-order valence-corrected chi connectivity index (χ0v) is 29.6. The molecule has 9 rings (SSSR count). The van der Waals surface area contributed by atoms with E-state index in [0.29, 0.717) is 17.5 Å². The van der Waals surface area contributed by atoms with Crippen LogP contribution >= 0.6 is 0 Å². The molecule has 2 aromatic heterocycles. The maximum atomic E-state index is 7.12. The minimum absolute atomic E-state index is 0.528. The highest BCUT2D eigenvalue weighted by Crippen LogP contribution is 2.62. The largest absolute Gasteiger partial charge is 0.455 e. The number of fused-ring (bicyclic) bond motifs is 3. The van der Waals surface area contributed by atoms with Crippen LogP contribution < -0.4 is 0 Å². The van der Waals surface area contributed by atoms with E-state index in [4.69, 9.17) is 19.4 Å². The van der Waals surface area contributed by atoms with E-state index >= 15 is 0 Å². The molecule has 0 saturated heterocycles. The van der Waals surface area contributed by atoms with Crippen LogP contribution in [0.5, 0.6) is 0 Å². The van der Waals surface area contributed by atoms with Crippen molar-refractivity contribution < 1.29 is 4.42 Å². The molecule has 0 radical (unpaired) electrons. The van der Waals surface area contributed by atoms with Crippen molar-refractivity contribution in [2.45, 2.75) is 5.41 Å². The first-order valence-corrected chi connectivity index (χ1v) is 18.0. The molecule has 0 spiro atoms. The van der Waals surface area contributed by atoms with Crippen LogP contribution in [-0.4, -0.2) is 15.0 Å². The van der Waals surface area contributed by atoms with Crippen molar-refractivity contribution in [1.82, 2.24) is 15.0 Å². The second kappa shape index (κ2) is 13.8. The number of nitrogens with zero attached hydrogens (tertiary/aromatic N) is 3. The van der Waals surface area contributed by atoms with E-state index in [1.165, 1.54) is 0 Å². The molecule has 0 unspecified atom stereocenters. The van der Waals surface area contributed by atoms with Crippen LogP contribution in [0.2, 0.25) is 0 Å². The third-order valence-electron chi connectivity index (χ3n) is 10.2. The molecule has 0 atom stereocenters. The summed E-state index contributed by atoms with van der Waals surface area (Å²) in [5, 5.41) is 0. The van der Waals surface area contributed by atoms with E-state index in [1.807, 2.05) is 48.5 Å². The number of furan rings is 1. The van der Waals surface area contributed by atoms with E-state index in [9.17, 15) is 0 Å². The molecule has 0 N–H and O–H groups in total. The summed E-state index contributed by atoms with van der Waals surface area (Å²) in [4.78, 5) is 15.1. The smallest absolute Gasteiger partial charge is 0.164 e. The SMILES string of the molecule is C=C/C=C(\C=C)c1nc(-c2ccccc2)nc(-c2ccc3c(c2)C(c2ccccc2)(c2ccccc2)c2c(-c4ccccc4)oc(-c4ccccc4)c2-3)n1. The molecule has 1 aliphatic carbocycles. The molecule has 256 valence electrons. The Hall–Kier alpha value is -7.17. The third kappa shape index (κ3) is 5.35. The number of hydrogen-bond acceptors (Lipinski definition) is 4. The van der Waals surface area contributed by atoms with Crippen molar-refractivity contribution in [3.63, 3.8) is 0 Å². The van der Waals surface area contributed by atoms with Crippen molar-refractivity contribution in [1.29, 1.82) is 0 Å². The van der Waals surface area contributed by atoms with Crippen molar-refractivity contribution in [3.05, 3.63) is 229 Å². The van der Waals surface area contributed by atoms with E-state index in [-0.39, 0.29) is 0 Å². The molecule has 1 aliphatic rings. The maximum Gasteiger partial charge on any atom is 0.164 e. The molecule has 4 nitrogen and oxygen atoms in total. The number of rotatable bonds is 9. The molecule has 2 heterocycles. The lowest BCUT2D eigenvalue weighted by Crippen LogP contribution is -2.29. The molecule has 8 aromatic rings. The molecule has 4 heteroatoms. The van der Waals surface area contributed by atoms with Crippen LogP contribution in [-0.2, 0) is 5.41 Å². The van der Waals surface area contributed by atoms with Gasteiger partial charge in [-0.1, -0.05) is 195 Å². The van der Waals surface area contributed by atoms with Crippen molar-refractivity contribution in [3.8, 4) is 56.6 Å². The average molecular weight is 694 g/mol.